The van der Waals surface area contributed by atoms with Gasteiger partial charge in [0.15, 0.2) is 11.7 Å². The molecule has 2 unspecified atom stereocenters. The van der Waals surface area contributed by atoms with E-state index in [0.29, 0.717) is 5.92 Å². The third-order valence-corrected chi connectivity index (χ3v) is 6.13. The fourth-order valence-corrected chi connectivity index (χ4v) is 4.31. The monoisotopic (exact) mass is 487 g/mol. The molecule has 0 amide bonds. The maximum absolute atomic E-state index is 9.37. The Balaban J connectivity index is 0.000000551. The predicted molar refractivity (Wildman–Crippen MR) is 139 cm³/mol. The zero-order valence-electron chi connectivity index (χ0n) is 20.9. The molecule has 178 valence electrons. The van der Waals surface area contributed by atoms with Crippen molar-refractivity contribution in [3.63, 3.8) is 0 Å². The van der Waals surface area contributed by atoms with E-state index in [1.165, 1.54) is 5.56 Å². The number of carboxylic acids is 1. The first kappa shape index (κ1) is 27.7. The number of nitrogens with zero attached hydrogens (tertiary/aromatic N) is 1. The van der Waals surface area contributed by atoms with Crippen molar-refractivity contribution in [2.45, 2.75) is 38.5 Å². The van der Waals surface area contributed by atoms with Gasteiger partial charge in [0.2, 0.25) is 0 Å². The van der Waals surface area contributed by atoms with Gasteiger partial charge in [-0.3, -0.25) is 4.79 Å². The van der Waals surface area contributed by atoms with Gasteiger partial charge in [-0.05, 0) is 18.8 Å². The standard InChI is InChI=1S/C28H24NO.C3H6O2.Na/c1-4-12-21(13-5-1)20-24-18-10-11-19-25(24)28-29-26(22-14-6-2-7-15-22)27(30-28)23-16-8-3-9-17-23;1-2-3(4)5;/h1-4,6-10,12-18,24-25H,11,19-20H2;2H2,1H3,(H,4,5);/q-1;;+1. The Morgan fingerprint density at radius 3 is 2.31 bits per heavy atom. The zero-order valence-corrected chi connectivity index (χ0v) is 22.9. The summed E-state index contributed by atoms with van der Waals surface area (Å²) in [4.78, 5) is 14.4. The number of rotatable bonds is 6. The number of oxazole rings is 1. The van der Waals surface area contributed by atoms with E-state index in [2.05, 4.69) is 72.8 Å². The number of aromatic nitrogens is 1. The Labute approximate surface area is 235 Å². The van der Waals surface area contributed by atoms with Gasteiger partial charge in [-0.25, -0.2) is 4.98 Å². The quantitative estimate of drug-likeness (QED) is 0.246. The third-order valence-electron chi connectivity index (χ3n) is 6.13. The van der Waals surface area contributed by atoms with Crippen LogP contribution >= 0.6 is 0 Å². The maximum Gasteiger partial charge on any atom is 1.00 e. The normalized spacial score (nSPS) is 16.4. The molecule has 0 spiro atoms. The number of aliphatic carboxylic acids is 1. The minimum absolute atomic E-state index is 0. The van der Waals surface area contributed by atoms with Crippen LogP contribution in [-0.4, -0.2) is 16.1 Å². The van der Waals surface area contributed by atoms with Crippen molar-refractivity contribution in [2.24, 2.45) is 5.92 Å². The average molecular weight is 488 g/mol. The largest absolute Gasteiger partial charge is 1.00 e. The first-order valence-corrected chi connectivity index (χ1v) is 12.1. The molecule has 1 aliphatic carbocycles. The van der Waals surface area contributed by atoms with Gasteiger partial charge in [0.25, 0.3) is 0 Å². The molecular weight excluding hydrogens is 457 g/mol. The van der Waals surface area contributed by atoms with Crippen molar-refractivity contribution < 1.29 is 43.9 Å². The van der Waals surface area contributed by atoms with E-state index >= 15 is 0 Å². The maximum atomic E-state index is 9.37. The van der Waals surface area contributed by atoms with E-state index in [4.69, 9.17) is 14.5 Å². The molecule has 4 aromatic rings. The summed E-state index contributed by atoms with van der Waals surface area (Å²) >= 11 is 0. The number of hydrogen-bond donors (Lipinski definition) is 1. The van der Waals surface area contributed by atoms with Gasteiger partial charge in [0.05, 0.1) is 0 Å². The van der Waals surface area contributed by atoms with Crippen LogP contribution in [0.2, 0.25) is 0 Å². The van der Waals surface area contributed by atoms with Crippen molar-refractivity contribution in [2.75, 3.05) is 0 Å². The Hall–Kier alpha value is -2.92. The van der Waals surface area contributed by atoms with Crippen molar-refractivity contribution in [1.82, 2.24) is 4.98 Å². The Morgan fingerprint density at radius 2 is 1.69 bits per heavy atom. The van der Waals surface area contributed by atoms with Crippen LogP contribution in [0.3, 0.4) is 0 Å². The van der Waals surface area contributed by atoms with Gasteiger partial charge in [-0.2, -0.15) is 35.9 Å². The first-order valence-electron chi connectivity index (χ1n) is 12.1. The minimum atomic E-state index is -0.745. The Kier molecular flexibility index (Phi) is 10.7. The van der Waals surface area contributed by atoms with E-state index in [-0.39, 0.29) is 41.9 Å². The van der Waals surface area contributed by atoms with E-state index in [1.54, 1.807) is 6.92 Å². The molecule has 0 bridgehead atoms. The summed E-state index contributed by atoms with van der Waals surface area (Å²) in [6.45, 7) is 1.60. The predicted octanol–water partition coefficient (Wildman–Crippen LogP) is 4.59. The number of hydrogen-bond acceptors (Lipinski definition) is 3. The van der Waals surface area contributed by atoms with Crippen LogP contribution in [0.15, 0.2) is 101 Å². The van der Waals surface area contributed by atoms with Crippen LogP contribution in [-0.2, 0) is 11.2 Å². The van der Waals surface area contributed by atoms with Crippen LogP contribution in [0.5, 0.6) is 0 Å². The molecule has 3 aromatic carbocycles. The van der Waals surface area contributed by atoms with E-state index in [9.17, 15) is 4.79 Å². The molecule has 5 rings (SSSR count). The van der Waals surface area contributed by atoms with Gasteiger partial charge >= 0.3 is 35.5 Å². The molecule has 1 aromatic heterocycles. The van der Waals surface area contributed by atoms with Crippen molar-refractivity contribution >= 4 is 5.97 Å². The summed E-state index contributed by atoms with van der Waals surface area (Å²) in [6, 6.07) is 32.1. The van der Waals surface area contributed by atoms with Gasteiger partial charge in [0, 0.05) is 23.5 Å². The summed E-state index contributed by atoms with van der Waals surface area (Å²) in [6.07, 6.45) is 7.96. The Bertz CT molecular complexity index is 1180. The Morgan fingerprint density at radius 1 is 1.03 bits per heavy atom. The van der Waals surface area contributed by atoms with Crippen molar-refractivity contribution in [3.8, 4) is 22.6 Å². The van der Waals surface area contributed by atoms with E-state index < -0.39 is 5.97 Å². The molecule has 5 heteroatoms. The topological polar surface area (TPSA) is 63.3 Å². The molecule has 1 N–H and O–H groups in total. The van der Waals surface area contributed by atoms with Gasteiger partial charge in [0.1, 0.15) is 5.69 Å². The summed E-state index contributed by atoms with van der Waals surface area (Å²) in [5.41, 5.74) is 4.39. The molecule has 4 nitrogen and oxygen atoms in total. The molecule has 0 saturated heterocycles. The van der Waals surface area contributed by atoms with Crippen molar-refractivity contribution in [1.29, 1.82) is 0 Å². The zero-order chi connectivity index (χ0) is 24.5. The molecule has 0 aliphatic heterocycles. The second-order valence-corrected chi connectivity index (χ2v) is 8.60. The SMILES string of the molecule is CCC(=O)O.[Na+].[c-]1cccc(CC2C=CCCC2c2nc(-c3ccccc3)c(-c3ccccc3)o2)c1. The summed E-state index contributed by atoms with van der Waals surface area (Å²) in [5, 5.41) is 7.72. The van der Waals surface area contributed by atoms with Gasteiger partial charge in [-0.15, -0.1) is 0 Å². The second kappa shape index (κ2) is 14.0. The molecule has 0 saturated carbocycles. The average Bonchev–Trinajstić information content (AvgIpc) is 3.36. The minimum Gasteiger partial charge on any atom is -0.481 e. The molecule has 36 heavy (non-hydrogen) atoms. The van der Waals surface area contributed by atoms with E-state index in [0.717, 1.165) is 47.7 Å². The van der Waals surface area contributed by atoms with Gasteiger partial charge < -0.3 is 9.52 Å². The number of benzene rings is 3. The second-order valence-electron chi connectivity index (χ2n) is 8.60. The molecule has 1 aliphatic rings. The van der Waals surface area contributed by atoms with Crippen LogP contribution < -0.4 is 29.6 Å². The summed E-state index contributed by atoms with van der Waals surface area (Å²) in [5.74, 6) is 1.61. The van der Waals surface area contributed by atoms with Crippen LogP contribution in [0.4, 0.5) is 0 Å². The van der Waals surface area contributed by atoms with Crippen LogP contribution in [0.1, 0.15) is 43.6 Å². The van der Waals surface area contributed by atoms with Crippen LogP contribution in [0.25, 0.3) is 22.6 Å². The third kappa shape index (κ3) is 7.30. The summed E-state index contributed by atoms with van der Waals surface area (Å²) < 4.78 is 6.51. The fourth-order valence-electron chi connectivity index (χ4n) is 4.31. The number of allylic oxidation sites excluding steroid dienone is 2. The molecule has 1 heterocycles. The molecule has 0 fully saturated rings. The smallest absolute Gasteiger partial charge is 0.481 e. The van der Waals surface area contributed by atoms with Gasteiger partial charge in [-0.1, -0.05) is 86.2 Å². The fraction of sp³-hybridized carbons (Fsp3) is 0.226. The summed E-state index contributed by atoms with van der Waals surface area (Å²) in [7, 11) is 0. The molecular formula is C31H30NNaO3. The molecule has 2 atom stereocenters. The number of carbonyl (C=O) groups is 1. The van der Waals surface area contributed by atoms with Crippen LogP contribution in [0, 0.1) is 12.0 Å². The first-order chi connectivity index (χ1) is 17.2. The number of carboxylic acid groups (broad SMARTS) is 1. The van der Waals surface area contributed by atoms with E-state index in [1.807, 2.05) is 30.3 Å². The van der Waals surface area contributed by atoms with Crippen molar-refractivity contribution in [3.05, 3.63) is 115 Å². The molecule has 0 radical (unpaired) electrons.